The molecular formula is C16H18BrNS. The molecule has 0 aliphatic carbocycles. The summed E-state index contributed by atoms with van der Waals surface area (Å²) in [4.78, 5) is 1.33. The molecule has 0 heterocycles. The molecule has 0 spiro atoms. The molecule has 1 atom stereocenters. The number of benzene rings is 2. The summed E-state index contributed by atoms with van der Waals surface area (Å²) in [6.45, 7) is 2.19. The van der Waals surface area contributed by atoms with Crippen LogP contribution in [-0.2, 0) is 5.75 Å². The number of thioether (sulfide) groups is 1. The van der Waals surface area contributed by atoms with Gasteiger partial charge in [-0.1, -0.05) is 52.3 Å². The van der Waals surface area contributed by atoms with Crippen molar-refractivity contribution in [3.8, 4) is 0 Å². The third-order valence-electron chi connectivity index (χ3n) is 3.11. The van der Waals surface area contributed by atoms with Gasteiger partial charge in [0.25, 0.3) is 0 Å². The molecule has 0 aliphatic heterocycles. The second-order valence-corrected chi connectivity index (χ2v) is 6.40. The molecule has 0 radical (unpaired) electrons. The lowest BCUT2D eigenvalue weighted by Gasteiger charge is -2.16. The molecule has 0 saturated heterocycles. The lowest BCUT2D eigenvalue weighted by molar-refractivity contribution is 0.641. The fourth-order valence-corrected chi connectivity index (χ4v) is 3.53. The molecule has 0 bridgehead atoms. The van der Waals surface area contributed by atoms with Crippen molar-refractivity contribution >= 4 is 27.7 Å². The van der Waals surface area contributed by atoms with Gasteiger partial charge in [-0.05, 0) is 37.2 Å². The summed E-state index contributed by atoms with van der Waals surface area (Å²) in [6, 6.07) is 17.5. The lowest BCUT2D eigenvalue weighted by Crippen LogP contribution is -2.13. The summed E-state index contributed by atoms with van der Waals surface area (Å²) in [7, 11) is 2.00. The summed E-state index contributed by atoms with van der Waals surface area (Å²) in [5.74, 6) is 1.00. The molecule has 1 nitrogen and oxygen atoms in total. The van der Waals surface area contributed by atoms with Gasteiger partial charge in [0.15, 0.2) is 0 Å². The first kappa shape index (κ1) is 14.6. The van der Waals surface area contributed by atoms with E-state index in [-0.39, 0.29) is 0 Å². The van der Waals surface area contributed by atoms with Gasteiger partial charge in [0.2, 0.25) is 0 Å². The summed E-state index contributed by atoms with van der Waals surface area (Å²) in [5, 5.41) is 3.31. The van der Waals surface area contributed by atoms with Crippen LogP contribution in [0.4, 0.5) is 0 Å². The maximum Gasteiger partial charge on any atom is 0.0300 e. The van der Waals surface area contributed by atoms with Crippen molar-refractivity contribution in [1.82, 2.24) is 5.32 Å². The minimum atomic E-state index is 0.367. The van der Waals surface area contributed by atoms with E-state index in [1.165, 1.54) is 16.0 Å². The Morgan fingerprint density at radius 1 is 1.16 bits per heavy atom. The predicted molar refractivity (Wildman–Crippen MR) is 87.6 cm³/mol. The Morgan fingerprint density at radius 2 is 1.89 bits per heavy atom. The van der Waals surface area contributed by atoms with Gasteiger partial charge in [0, 0.05) is 21.2 Å². The zero-order chi connectivity index (χ0) is 13.7. The zero-order valence-electron chi connectivity index (χ0n) is 11.2. The molecule has 0 amide bonds. The second-order valence-electron chi connectivity index (χ2n) is 4.47. The zero-order valence-corrected chi connectivity index (χ0v) is 13.6. The highest BCUT2D eigenvalue weighted by atomic mass is 79.9. The van der Waals surface area contributed by atoms with E-state index in [1.807, 2.05) is 18.8 Å². The first-order chi connectivity index (χ1) is 9.20. The van der Waals surface area contributed by atoms with Crippen LogP contribution in [0.2, 0.25) is 0 Å². The van der Waals surface area contributed by atoms with Gasteiger partial charge in [0.1, 0.15) is 0 Å². The second kappa shape index (κ2) is 7.13. The van der Waals surface area contributed by atoms with E-state index < -0.39 is 0 Å². The Balaban J connectivity index is 2.16. The summed E-state index contributed by atoms with van der Waals surface area (Å²) >= 11 is 5.45. The molecule has 100 valence electrons. The molecule has 3 heteroatoms. The van der Waals surface area contributed by atoms with Crippen LogP contribution in [0.1, 0.15) is 24.1 Å². The Kier molecular flexibility index (Phi) is 5.49. The third kappa shape index (κ3) is 4.10. The van der Waals surface area contributed by atoms with Crippen LogP contribution in [0.3, 0.4) is 0 Å². The molecule has 1 N–H and O–H groups in total. The standard InChI is InChI=1S/C16H18BrNS/c1-12(18-2)15-9-8-14(17)10-16(15)19-11-13-6-4-3-5-7-13/h3-10,12,18H,11H2,1-2H3. The van der Waals surface area contributed by atoms with E-state index in [1.54, 1.807) is 0 Å². The molecule has 19 heavy (non-hydrogen) atoms. The Morgan fingerprint density at radius 3 is 2.58 bits per heavy atom. The number of nitrogens with one attached hydrogen (secondary N) is 1. The van der Waals surface area contributed by atoms with Crippen molar-refractivity contribution in [2.24, 2.45) is 0 Å². The largest absolute Gasteiger partial charge is 0.313 e. The van der Waals surface area contributed by atoms with Crippen molar-refractivity contribution in [3.05, 3.63) is 64.1 Å². The van der Waals surface area contributed by atoms with Crippen LogP contribution >= 0.6 is 27.7 Å². The Hall–Kier alpha value is -0.770. The maximum atomic E-state index is 3.56. The molecule has 0 aromatic heterocycles. The van der Waals surface area contributed by atoms with Gasteiger partial charge in [-0.25, -0.2) is 0 Å². The lowest BCUT2D eigenvalue weighted by atomic mass is 10.1. The number of hydrogen-bond acceptors (Lipinski definition) is 2. The van der Waals surface area contributed by atoms with E-state index >= 15 is 0 Å². The Bertz CT molecular complexity index is 528. The summed E-state index contributed by atoms with van der Waals surface area (Å²) in [6.07, 6.45) is 0. The van der Waals surface area contributed by atoms with Crippen molar-refractivity contribution in [2.75, 3.05) is 7.05 Å². The average Bonchev–Trinajstić information content (AvgIpc) is 2.45. The first-order valence-corrected chi connectivity index (χ1v) is 8.12. The summed E-state index contributed by atoms with van der Waals surface area (Å²) < 4.78 is 1.13. The highest BCUT2D eigenvalue weighted by Crippen LogP contribution is 2.32. The van der Waals surface area contributed by atoms with Crippen molar-refractivity contribution < 1.29 is 0 Å². The van der Waals surface area contributed by atoms with Crippen molar-refractivity contribution in [3.63, 3.8) is 0 Å². The van der Waals surface area contributed by atoms with Crippen LogP contribution in [0.25, 0.3) is 0 Å². The normalized spacial score (nSPS) is 12.4. The molecule has 0 saturated carbocycles. The topological polar surface area (TPSA) is 12.0 Å². The predicted octanol–water partition coefficient (Wildman–Crippen LogP) is 5.02. The highest BCUT2D eigenvalue weighted by Gasteiger charge is 2.10. The number of rotatable bonds is 5. The SMILES string of the molecule is CNC(C)c1ccc(Br)cc1SCc1ccccc1. The van der Waals surface area contributed by atoms with E-state index in [4.69, 9.17) is 0 Å². The van der Waals surface area contributed by atoms with E-state index in [0.29, 0.717) is 6.04 Å². The van der Waals surface area contributed by atoms with Crippen LogP contribution < -0.4 is 5.32 Å². The van der Waals surface area contributed by atoms with Crippen molar-refractivity contribution in [2.45, 2.75) is 23.6 Å². The molecule has 2 rings (SSSR count). The van der Waals surface area contributed by atoms with Gasteiger partial charge in [-0.2, -0.15) is 0 Å². The van der Waals surface area contributed by atoms with E-state index in [2.05, 4.69) is 76.7 Å². The van der Waals surface area contributed by atoms with Gasteiger partial charge in [-0.15, -0.1) is 11.8 Å². The fraction of sp³-hybridized carbons (Fsp3) is 0.250. The van der Waals surface area contributed by atoms with Crippen LogP contribution in [0.15, 0.2) is 57.9 Å². The molecular weight excluding hydrogens is 318 g/mol. The third-order valence-corrected chi connectivity index (χ3v) is 4.75. The van der Waals surface area contributed by atoms with Gasteiger partial charge in [0.05, 0.1) is 0 Å². The number of hydrogen-bond donors (Lipinski definition) is 1. The Labute approximate surface area is 127 Å². The van der Waals surface area contributed by atoms with Crippen LogP contribution in [0.5, 0.6) is 0 Å². The highest BCUT2D eigenvalue weighted by molar-refractivity contribution is 9.10. The molecule has 2 aromatic rings. The summed E-state index contributed by atoms with van der Waals surface area (Å²) in [5.41, 5.74) is 2.71. The molecule has 0 fully saturated rings. The number of halogens is 1. The van der Waals surface area contributed by atoms with Gasteiger partial charge in [-0.3, -0.25) is 0 Å². The van der Waals surface area contributed by atoms with Gasteiger partial charge < -0.3 is 5.32 Å². The van der Waals surface area contributed by atoms with Gasteiger partial charge >= 0.3 is 0 Å². The smallest absolute Gasteiger partial charge is 0.0300 e. The molecule has 1 unspecified atom stereocenters. The average molecular weight is 336 g/mol. The van der Waals surface area contributed by atoms with Crippen molar-refractivity contribution in [1.29, 1.82) is 0 Å². The first-order valence-electron chi connectivity index (χ1n) is 6.34. The van der Waals surface area contributed by atoms with E-state index in [0.717, 1.165) is 10.2 Å². The quantitative estimate of drug-likeness (QED) is 0.769. The minimum absolute atomic E-state index is 0.367. The monoisotopic (exact) mass is 335 g/mol. The molecule has 0 aliphatic rings. The van der Waals surface area contributed by atoms with E-state index in [9.17, 15) is 0 Å². The fourth-order valence-electron chi connectivity index (χ4n) is 1.88. The molecule has 2 aromatic carbocycles. The maximum absolute atomic E-state index is 3.56. The van der Waals surface area contributed by atoms with Crippen LogP contribution in [-0.4, -0.2) is 7.05 Å². The van der Waals surface area contributed by atoms with Crippen LogP contribution in [0, 0.1) is 0 Å². The minimum Gasteiger partial charge on any atom is -0.313 e.